The van der Waals surface area contributed by atoms with Crippen molar-refractivity contribution < 1.29 is 0 Å². The van der Waals surface area contributed by atoms with Crippen LogP contribution in [0.4, 0.5) is 0 Å². The first-order chi connectivity index (χ1) is 16.1. The van der Waals surface area contributed by atoms with Gasteiger partial charge in [-0.2, -0.15) is 0 Å². The molecule has 33 heavy (non-hydrogen) atoms. The number of fused-ring (bicyclic) bond motifs is 3. The minimum atomic E-state index is -0.181. The summed E-state index contributed by atoms with van der Waals surface area (Å²) in [7, 11) is 0. The van der Waals surface area contributed by atoms with Gasteiger partial charge in [0.1, 0.15) is 0 Å². The van der Waals surface area contributed by atoms with E-state index in [2.05, 4.69) is 52.9 Å². The second kappa shape index (κ2) is 8.38. The van der Waals surface area contributed by atoms with Gasteiger partial charge in [0, 0.05) is 14.2 Å². The van der Waals surface area contributed by atoms with Crippen molar-refractivity contribution >= 4 is 57.3 Å². The lowest BCUT2D eigenvalue weighted by Crippen LogP contribution is -2.38. The zero-order valence-corrected chi connectivity index (χ0v) is 21.2. The lowest BCUT2D eigenvalue weighted by Gasteiger charge is -2.30. The summed E-state index contributed by atoms with van der Waals surface area (Å²) in [5, 5.41) is 0.688. The third kappa shape index (κ3) is 3.72. The van der Waals surface area contributed by atoms with Crippen LogP contribution in [0.15, 0.2) is 88.2 Å². The molecule has 0 saturated heterocycles. The molecule has 3 nitrogen and oxygen atoms in total. The van der Waals surface area contributed by atoms with E-state index < -0.39 is 0 Å². The highest BCUT2D eigenvalue weighted by atomic mass is 127. The summed E-state index contributed by atoms with van der Waals surface area (Å²) in [6, 6.07) is 24.3. The fraction of sp³-hybridized carbons (Fsp3) is 0.111. The van der Waals surface area contributed by atoms with Crippen molar-refractivity contribution in [3.8, 4) is 0 Å². The van der Waals surface area contributed by atoms with Crippen LogP contribution < -0.4 is 14.9 Å². The summed E-state index contributed by atoms with van der Waals surface area (Å²) in [6.07, 6.45) is 3.80. The predicted molar refractivity (Wildman–Crippen MR) is 143 cm³/mol. The minimum Gasteiger partial charge on any atom is -0.272 e. The summed E-state index contributed by atoms with van der Waals surface area (Å²) in [4.78, 5) is 19.5. The molecule has 4 aromatic rings. The van der Waals surface area contributed by atoms with Crippen LogP contribution in [-0.4, -0.2) is 4.57 Å². The standard InChI is InChI=1S/C27H18ClIN2OS/c28-19-11-8-18(9-12-19)25-22-13-10-17-5-1-2-7-21(17)24(22)30-27-31(25)26(32)23(33-27)15-16-4-3-6-20(29)14-16/h1-9,11-12,14-15,25H,10,13H2/b23-15-/t25-/m0/s1. The SMILES string of the molecule is O=c1/c(=C/c2cccc(I)c2)sc2n1[C@@H](c1ccc(Cl)cc1)C1=C(N=2)c2ccccc2CC1. The van der Waals surface area contributed by atoms with Gasteiger partial charge >= 0.3 is 0 Å². The van der Waals surface area contributed by atoms with Crippen LogP contribution in [0.3, 0.4) is 0 Å². The monoisotopic (exact) mass is 580 g/mol. The molecule has 0 spiro atoms. The summed E-state index contributed by atoms with van der Waals surface area (Å²) in [6.45, 7) is 0. The van der Waals surface area contributed by atoms with Gasteiger partial charge in [-0.1, -0.05) is 71.5 Å². The molecule has 1 atom stereocenters. The Morgan fingerprint density at radius 2 is 1.85 bits per heavy atom. The molecule has 2 heterocycles. The Hall–Kier alpha value is -2.48. The van der Waals surface area contributed by atoms with Gasteiger partial charge in [0.25, 0.3) is 5.56 Å². The molecule has 1 aliphatic carbocycles. The van der Waals surface area contributed by atoms with Crippen LogP contribution in [0.1, 0.15) is 34.7 Å². The van der Waals surface area contributed by atoms with Crippen molar-refractivity contribution in [1.82, 2.24) is 4.57 Å². The molecule has 6 rings (SSSR count). The molecule has 0 amide bonds. The van der Waals surface area contributed by atoms with Gasteiger partial charge in [-0.15, -0.1) is 0 Å². The molecule has 0 fully saturated rings. The van der Waals surface area contributed by atoms with Crippen molar-refractivity contribution in [1.29, 1.82) is 0 Å². The van der Waals surface area contributed by atoms with Gasteiger partial charge in [0.05, 0.1) is 16.3 Å². The maximum atomic E-state index is 13.7. The first-order valence-corrected chi connectivity index (χ1v) is 13.0. The number of thiazole rings is 1. The highest BCUT2D eigenvalue weighted by Crippen LogP contribution is 2.41. The Morgan fingerprint density at radius 3 is 2.67 bits per heavy atom. The molecule has 162 valence electrons. The van der Waals surface area contributed by atoms with Crippen molar-refractivity contribution in [2.45, 2.75) is 18.9 Å². The van der Waals surface area contributed by atoms with Crippen molar-refractivity contribution in [2.24, 2.45) is 4.99 Å². The van der Waals surface area contributed by atoms with E-state index >= 15 is 0 Å². The smallest absolute Gasteiger partial charge is 0.271 e. The second-order valence-electron chi connectivity index (χ2n) is 8.22. The van der Waals surface area contributed by atoms with Crippen LogP contribution in [0.25, 0.3) is 11.8 Å². The van der Waals surface area contributed by atoms with Crippen LogP contribution >= 0.6 is 45.5 Å². The molecule has 3 aromatic carbocycles. The van der Waals surface area contributed by atoms with Gasteiger partial charge < -0.3 is 0 Å². The number of nitrogens with zero attached hydrogens (tertiary/aromatic N) is 2. The summed E-state index contributed by atoms with van der Waals surface area (Å²) < 4.78 is 3.71. The highest BCUT2D eigenvalue weighted by Gasteiger charge is 2.32. The Bertz CT molecular complexity index is 1620. The zero-order valence-electron chi connectivity index (χ0n) is 17.5. The summed E-state index contributed by atoms with van der Waals surface area (Å²) >= 11 is 9.94. The number of rotatable bonds is 2. The maximum absolute atomic E-state index is 13.7. The Balaban J connectivity index is 1.63. The molecule has 0 N–H and O–H groups in total. The highest BCUT2D eigenvalue weighted by molar-refractivity contribution is 14.1. The van der Waals surface area contributed by atoms with E-state index in [-0.39, 0.29) is 11.6 Å². The van der Waals surface area contributed by atoms with Crippen LogP contribution in [-0.2, 0) is 6.42 Å². The molecule has 2 aliphatic rings. The van der Waals surface area contributed by atoms with E-state index in [1.165, 1.54) is 28.0 Å². The summed E-state index contributed by atoms with van der Waals surface area (Å²) in [5.74, 6) is 0. The predicted octanol–water partition coefficient (Wildman–Crippen LogP) is 5.58. The molecule has 1 aromatic heterocycles. The van der Waals surface area contributed by atoms with Gasteiger partial charge in [-0.3, -0.25) is 9.36 Å². The Kier molecular flexibility index (Phi) is 5.35. The average molecular weight is 581 g/mol. The fourth-order valence-corrected chi connectivity index (χ4v) is 6.41. The first-order valence-electron chi connectivity index (χ1n) is 10.7. The number of allylic oxidation sites excluding steroid dienone is 1. The summed E-state index contributed by atoms with van der Waals surface area (Å²) in [5.41, 5.74) is 6.78. The second-order valence-corrected chi connectivity index (χ2v) is 10.9. The lowest BCUT2D eigenvalue weighted by molar-refractivity contribution is 0.585. The number of halogens is 2. The van der Waals surface area contributed by atoms with E-state index in [0.717, 1.165) is 38.0 Å². The lowest BCUT2D eigenvalue weighted by atomic mass is 9.83. The van der Waals surface area contributed by atoms with Gasteiger partial charge in [-0.05, 0) is 88.0 Å². The number of aromatic nitrogens is 1. The van der Waals surface area contributed by atoms with E-state index in [0.29, 0.717) is 9.55 Å². The molecular formula is C27H18ClIN2OS. The van der Waals surface area contributed by atoms with Crippen LogP contribution in [0.5, 0.6) is 0 Å². The van der Waals surface area contributed by atoms with Crippen LogP contribution in [0.2, 0.25) is 5.02 Å². The first kappa shape index (κ1) is 21.1. The number of hydrogen-bond acceptors (Lipinski definition) is 3. The van der Waals surface area contributed by atoms with E-state index in [1.54, 1.807) is 0 Å². The zero-order chi connectivity index (χ0) is 22.5. The van der Waals surface area contributed by atoms with Crippen LogP contribution in [0, 0.1) is 3.57 Å². The quantitative estimate of drug-likeness (QED) is 0.285. The largest absolute Gasteiger partial charge is 0.272 e. The van der Waals surface area contributed by atoms with E-state index in [4.69, 9.17) is 16.6 Å². The molecule has 1 aliphatic heterocycles. The van der Waals surface area contributed by atoms with Gasteiger partial charge in [0.2, 0.25) is 0 Å². The number of hydrogen-bond donors (Lipinski definition) is 0. The van der Waals surface area contributed by atoms with Crippen molar-refractivity contribution in [3.05, 3.63) is 129 Å². The number of benzene rings is 3. The molecule has 6 heteroatoms. The maximum Gasteiger partial charge on any atom is 0.271 e. The molecule has 0 bridgehead atoms. The van der Waals surface area contributed by atoms with Gasteiger partial charge in [-0.25, -0.2) is 4.99 Å². The average Bonchev–Trinajstić information content (AvgIpc) is 3.13. The van der Waals surface area contributed by atoms with Crippen molar-refractivity contribution in [2.75, 3.05) is 0 Å². The third-order valence-electron chi connectivity index (χ3n) is 6.21. The molecule has 0 unspecified atom stereocenters. The normalized spacial score (nSPS) is 17.3. The van der Waals surface area contributed by atoms with E-state index in [9.17, 15) is 4.79 Å². The molecule has 0 saturated carbocycles. The fourth-order valence-electron chi connectivity index (χ4n) is 4.72. The minimum absolute atomic E-state index is 0.00275. The molecular weight excluding hydrogens is 563 g/mol. The van der Waals surface area contributed by atoms with Gasteiger partial charge in [0.15, 0.2) is 4.80 Å². The molecule has 0 radical (unpaired) electrons. The Morgan fingerprint density at radius 1 is 1.03 bits per heavy atom. The third-order valence-corrected chi connectivity index (χ3v) is 8.11. The Labute approximate surface area is 213 Å². The number of aryl methyl sites for hydroxylation is 1. The van der Waals surface area contributed by atoms with E-state index in [1.807, 2.05) is 53.1 Å². The topological polar surface area (TPSA) is 34.4 Å². The van der Waals surface area contributed by atoms with Crippen molar-refractivity contribution in [3.63, 3.8) is 0 Å².